The minimum Gasteiger partial charge on any atom is -0.467 e. The largest absolute Gasteiger partial charge is 0.467 e. The highest BCUT2D eigenvalue weighted by atomic mass is 16.5. The fraction of sp³-hybridized carbons (Fsp3) is 0.267. The molecule has 2 atom stereocenters. The smallest absolute Gasteiger partial charge is 0.316 e. The molecule has 0 saturated heterocycles. The topological polar surface area (TPSA) is 59.7 Å². The lowest BCUT2D eigenvalue weighted by Crippen LogP contribution is -2.22. The van der Waals surface area contributed by atoms with Crippen molar-refractivity contribution in [3.8, 4) is 0 Å². The van der Waals surface area contributed by atoms with E-state index in [0.29, 0.717) is 11.3 Å². The third-order valence-electron chi connectivity index (χ3n) is 2.85. The van der Waals surface area contributed by atoms with Crippen molar-refractivity contribution < 1.29 is 19.1 Å². The second-order valence-electron chi connectivity index (χ2n) is 4.10. The Labute approximate surface area is 111 Å². The van der Waals surface area contributed by atoms with Crippen LogP contribution in [0.5, 0.6) is 0 Å². The number of hydrogen-bond donors (Lipinski definition) is 1. The average molecular weight is 260 g/mol. The van der Waals surface area contributed by atoms with Gasteiger partial charge in [-0.25, -0.2) is 0 Å². The molecule has 100 valence electrons. The van der Waals surface area contributed by atoms with Gasteiger partial charge in [-0.05, 0) is 24.6 Å². The Morgan fingerprint density at radius 1 is 1.26 bits per heavy atom. The first-order chi connectivity index (χ1) is 9.24. The molecule has 0 saturated carbocycles. The second kappa shape index (κ2) is 6.20. The average Bonchev–Trinajstić information content (AvgIpc) is 2.94. The molecule has 4 nitrogen and oxygen atoms in total. The van der Waals surface area contributed by atoms with Gasteiger partial charge in [-0.3, -0.25) is 4.79 Å². The maximum Gasteiger partial charge on any atom is 0.316 e. The zero-order valence-corrected chi connectivity index (χ0v) is 10.7. The van der Waals surface area contributed by atoms with Crippen LogP contribution in [0.4, 0.5) is 0 Å². The van der Waals surface area contributed by atoms with Crippen LogP contribution in [0.15, 0.2) is 53.1 Å². The highest BCUT2D eigenvalue weighted by Crippen LogP contribution is 2.32. The van der Waals surface area contributed by atoms with Gasteiger partial charge < -0.3 is 14.3 Å². The van der Waals surface area contributed by atoms with Crippen molar-refractivity contribution in [1.82, 2.24) is 0 Å². The van der Waals surface area contributed by atoms with Crippen molar-refractivity contribution in [3.63, 3.8) is 0 Å². The number of carbonyl (C=O) groups excluding carboxylic acids is 1. The van der Waals surface area contributed by atoms with Crippen LogP contribution in [0.3, 0.4) is 0 Å². The molecule has 0 radical (unpaired) electrons. The van der Waals surface area contributed by atoms with Gasteiger partial charge in [0.25, 0.3) is 0 Å². The van der Waals surface area contributed by atoms with E-state index in [-0.39, 0.29) is 6.61 Å². The van der Waals surface area contributed by atoms with Gasteiger partial charge in [0, 0.05) is 0 Å². The third kappa shape index (κ3) is 3.03. The summed E-state index contributed by atoms with van der Waals surface area (Å²) in [6, 6.07) is 12.4. The lowest BCUT2D eigenvalue weighted by Gasteiger charge is -2.20. The summed E-state index contributed by atoms with van der Waals surface area (Å²) >= 11 is 0. The van der Waals surface area contributed by atoms with E-state index >= 15 is 0 Å². The van der Waals surface area contributed by atoms with Crippen molar-refractivity contribution in [1.29, 1.82) is 0 Å². The van der Waals surface area contributed by atoms with Crippen LogP contribution in [0.1, 0.15) is 30.3 Å². The van der Waals surface area contributed by atoms with Crippen LogP contribution in [-0.4, -0.2) is 17.7 Å². The van der Waals surface area contributed by atoms with Crippen molar-refractivity contribution in [2.45, 2.75) is 18.9 Å². The first-order valence-electron chi connectivity index (χ1n) is 6.17. The Balaban J connectivity index is 2.32. The number of benzene rings is 1. The lowest BCUT2D eigenvalue weighted by atomic mass is 9.92. The molecule has 0 fully saturated rings. The Bertz CT molecular complexity index is 504. The molecular weight excluding hydrogens is 244 g/mol. The molecule has 19 heavy (non-hydrogen) atoms. The zero-order valence-electron chi connectivity index (χ0n) is 10.7. The number of rotatable bonds is 5. The standard InChI is InChI=1S/C15H16O4/c1-2-18-15(17)13(11-7-4-3-5-8-11)14(16)12-9-6-10-19-12/h3-10,13-14,16H,2H2,1H3. The number of carbonyl (C=O) groups is 1. The van der Waals surface area contributed by atoms with Gasteiger partial charge >= 0.3 is 5.97 Å². The summed E-state index contributed by atoms with van der Waals surface area (Å²) in [6.45, 7) is 2.01. The number of hydrogen-bond acceptors (Lipinski definition) is 4. The summed E-state index contributed by atoms with van der Waals surface area (Å²) in [4.78, 5) is 12.1. The monoisotopic (exact) mass is 260 g/mol. The fourth-order valence-electron chi connectivity index (χ4n) is 1.96. The minimum atomic E-state index is -1.06. The highest BCUT2D eigenvalue weighted by molar-refractivity contribution is 5.79. The van der Waals surface area contributed by atoms with Gasteiger partial charge in [0.05, 0.1) is 12.9 Å². The van der Waals surface area contributed by atoms with Gasteiger partial charge in [-0.1, -0.05) is 30.3 Å². The number of aliphatic hydroxyl groups is 1. The van der Waals surface area contributed by atoms with Crippen LogP contribution in [0.25, 0.3) is 0 Å². The van der Waals surface area contributed by atoms with Gasteiger partial charge in [0.15, 0.2) is 0 Å². The number of ether oxygens (including phenoxy) is 1. The van der Waals surface area contributed by atoms with Crippen LogP contribution in [-0.2, 0) is 9.53 Å². The number of furan rings is 1. The van der Waals surface area contributed by atoms with Crippen molar-refractivity contribution in [2.75, 3.05) is 6.61 Å². The molecule has 0 bridgehead atoms. The van der Waals surface area contributed by atoms with E-state index in [1.54, 1.807) is 31.2 Å². The first-order valence-corrected chi connectivity index (χ1v) is 6.17. The summed E-state index contributed by atoms with van der Waals surface area (Å²) in [7, 11) is 0. The van der Waals surface area contributed by atoms with Crippen molar-refractivity contribution in [2.24, 2.45) is 0 Å². The molecular formula is C15H16O4. The normalized spacial score (nSPS) is 13.8. The molecule has 0 amide bonds. The van der Waals surface area contributed by atoms with Gasteiger partial charge in [-0.15, -0.1) is 0 Å². The van der Waals surface area contributed by atoms with Gasteiger partial charge in [0.2, 0.25) is 0 Å². The summed E-state index contributed by atoms with van der Waals surface area (Å²) in [5.41, 5.74) is 0.699. The predicted molar refractivity (Wildman–Crippen MR) is 69.5 cm³/mol. The molecule has 4 heteroatoms. The van der Waals surface area contributed by atoms with E-state index in [1.807, 2.05) is 18.2 Å². The molecule has 2 aromatic rings. The number of aliphatic hydroxyl groups excluding tert-OH is 1. The van der Waals surface area contributed by atoms with Gasteiger partial charge in [0.1, 0.15) is 17.8 Å². The van der Waals surface area contributed by atoms with Crippen molar-refractivity contribution in [3.05, 3.63) is 60.1 Å². The summed E-state index contributed by atoms with van der Waals surface area (Å²) in [5, 5.41) is 10.3. The summed E-state index contributed by atoms with van der Waals surface area (Å²) < 4.78 is 10.2. The molecule has 0 aliphatic heterocycles. The summed E-state index contributed by atoms with van der Waals surface area (Å²) in [5.74, 6) is -0.896. The van der Waals surface area contributed by atoms with E-state index < -0.39 is 18.0 Å². The first kappa shape index (κ1) is 13.4. The van der Waals surface area contributed by atoms with E-state index in [4.69, 9.17) is 9.15 Å². The van der Waals surface area contributed by atoms with Crippen LogP contribution < -0.4 is 0 Å². The van der Waals surface area contributed by atoms with Crippen LogP contribution in [0, 0.1) is 0 Å². The SMILES string of the molecule is CCOC(=O)C(c1ccccc1)C(O)c1ccco1. The Morgan fingerprint density at radius 3 is 2.58 bits per heavy atom. The Morgan fingerprint density at radius 2 is 2.00 bits per heavy atom. The van der Waals surface area contributed by atoms with E-state index in [1.165, 1.54) is 6.26 Å². The number of esters is 1. The van der Waals surface area contributed by atoms with E-state index in [2.05, 4.69) is 0 Å². The molecule has 0 spiro atoms. The summed E-state index contributed by atoms with van der Waals surface area (Å²) in [6.07, 6.45) is 0.405. The highest BCUT2D eigenvalue weighted by Gasteiger charge is 2.32. The van der Waals surface area contributed by atoms with E-state index in [9.17, 15) is 9.90 Å². The molecule has 1 aromatic carbocycles. The van der Waals surface area contributed by atoms with Gasteiger partial charge in [-0.2, -0.15) is 0 Å². The third-order valence-corrected chi connectivity index (χ3v) is 2.85. The van der Waals surface area contributed by atoms with Crippen molar-refractivity contribution >= 4 is 5.97 Å². The Hall–Kier alpha value is -2.07. The molecule has 2 unspecified atom stereocenters. The zero-order chi connectivity index (χ0) is 13.7. The maximum absolute atomic E-state index is 12.1. The second-order valence-corrected chi connectivity index (χ2v) is 4.10. The fourth-order valence-corrected chi connectivity index (χ4v) is 1.96. The molecule has 1 N–H and O–H groups in total. The van der Waals surface area contributed by atoms with Crippen LogP contribution >= 0.6 is 0 Å². The quantitative estimate of drug-likeness (QED) is 0.840. The minimum absolute atomic E-state index is 0.271. The molecule has 1 heterocycles. The molecule has 0 aliphatic carbocycles. The lowest BCUT2D eigenvalue weighted by molar-refractivity contribution is -0.148. The molecule has 2 rings (SSSR count). The predicted octanol–water partition coefficient (Wildman–Crippen LogP) is 2.66. The van der Waals surface area contributed by atoms with Crippen LogP contribution in [0.2, 0.25) is 0 Å². The van der Waals surface area contributed by atoms with E-state index in [0.717, 1.165) is 0 Å². The Kier molecular flexibility index (Phi) is 4.36. The molecule has 0 aliphatic rings. The maximum atomic E-state index is 12.1. The molecule has 1 aromatic heterocycles.